The molecule has 0 aromatic heterocycles. The van der Waals surface area contributed by atoms with Crippen molar-refractivity contribution in [3.05, 3.63) is 0 Å². The number of ether oxygens (including phenoxy) is 1. The second kappa shape index (κ2) is 5.13. The van der Waals surface area contributed by atoms with Crippen molar-refractivity contribution in [3.8, 4) is 0 Å². The molecule has 1 spiro atoms. The third-order valence-corrected chi connectivity index (χ3v) is 5.74. The molecule has 0 aromatic carbocycles. The molecule has 3 aliphatic rings. The van der Waals surface area contributed by atoms with Gasteiger partial charge in [0, 0.05) is 6.61 Å². The number of hydrogen-bond donors (Lipinski definition) is 1. The Morgan fingerprint density at radius 1 is 0.833 bits per heavy atom. The SMILES string of the molecule is OC1(C2CCOC3(CCCCC3)C2)CCCCC1. The van der Waals surface area contributed by atoms with Crippen molar-refractivity contribution in [2.45, 2.75) is 88.3 Å². The smallest absolute Gasteiger partial charge is 0.0686 e. The predicted molar refractivity (Wildman–Crippen MR) is 72.5 cm³/mol. The van der Waals surface area contributed by atoms with E-state index < -0.39 is 0 Å². The summed E-state index contributed by atoms with van der Waals surface area (Å²) in [6, 6.07) is 0. The molecule has 3 fully saturated rings. The molecule has 2 heteroatoms. The maximum absolute atomic E-state index is 11.0. The molecular formula is C16H28O2. The quantitative estimate of drug-likeness (QED) is 0.769. The van der Waals surface area contributed by atoms with Gasteiger partial charge in [0.25, 0.3) is 0 Å². The average molecular weight is 252 g/mol. The van der Waals surface area contributed by atoms with Crippen molar-refractivity contribution in [1.29, 1.82) is 0 Å². The van der Waals surface area contributed by atoms with Crippen LogP contribution in [0.1, 0.15) is 77.0 Å². The summed E-state index contributed by atoms with van der Waals surface area (Å²) in [4.78, 5) is 0. The van der Waals surface area contributed by atoms with E-state index in [2.05, 4.69) is 0 Å². The zero-order chi connectivity index (χ0) is 12.5. The van der Waals surface area contributed by atoms with E-state index in [1.807, 2.05) is 0 Å². The summed E-state index contributed by atoms with van der Waals surface area (Å²) in [5.74, 6) is 0.504. The van der Waals surface area contributed by atoms with Gasteiger partial charge in [-0.1, -0.05) is 38.5 Å². The first-order valence-electron chi connectivity index (χ1n) is 8.09. The van der Waals surface area contributed by atoms with Crippen molar-refractivity contribution in [3.63, 3.8) is 0 Å². The fraction of sp³-hybridized carbons (Fsp3) is 1.00. The third-order valence-electron chi connectivity index (χ3n) is 5.74. The maximum Gasteiger partial charge on any atom is 0.0686 e. The monoisotopic (exact) mass is 252 g/mol. The fourth-order valence-electron chi connectivity index (χ4n) is 4.60. The van der Waals surface area contributed by atoms with Crippen LogP contribution in [0.3, 0.4) is 0 Å². The van der Waals surface area contributed by atoms with Gasteiger partial charge in [-0.3, -0.25) is 0 Å². The highest BCUT2D eigenvalue weighted by Gasteiger charge is 2.46. The van der Waals surface area contributed by atoms with E-state index in [0.717, 1.165) is 32.3 Å². The normalized spacial score (nSPS) is 35.5. The number of rotatable bonds is 1. The van der Waals surface area contributed by atoms with Gasteiger partial charge in [0.1, 0.15) is 0 Å². The van der Waals surface area contributed by atoms with E-state index in [0.29, 0.717) is 5.92 Å². The summed E-state index contributed by atoms with van der Waals surface area (Å²) in [6.07, 6.45) is 14.5. The second-order valence-electron chi connectivity index (χ2n) is 6.95. The molecular weight excluding hydrogens is 224 g/mol. The van der Waals surface area contributed by atoms with E-state index >= 15 is 0 Å². The summed E-state index contributed by atoms with van der Waals surface area (Å²) < 4.78 is 6.16. The Balaban J connectivity index is 1.69. The first-order valence-corrected chi connectivity index (χ1v) is 8.09. The summed E-state index contributed by atoms with van der Waals surface area (Å²) >= 11 is 0. The molecule has 0 bridgehead atoms. The van der Waals surface area contributed by atoms with E-state index in [4.69, 9.17) is 4.74 Å². The van der Waals surface area contributed by atoms with Gasteiger partial charge in [-0.2, -0.15) is 0 Å². The van der Waals surface area contributed by atoms with Gasteiger partial charge in [0.2, 0.25) is 0 Å². The number of hydrogen-bond acceptors (Lipinski definition) is 2. The van der Waals surface area contributed by atoms with E-state index in [-0.39, 0.29) is 11.2 Å². The van der Waals surface area contributed by atoms with Gasteiger partial charge >= 0.3 is 0 Å². The molecule has 2 nitrogen and oxygen atoms in total. The lowest BCUT2D eigenvalue weighted by molar-refractivity contribution is -0.163. The zero-order valence-corrected chi connectivity index (χ0v) is 11.6. The summed E-state index contributed by atoms with van der Waals surface area (Å²) in [6.45, 7) is 0.882. The van der Waals surface area contributed by atoms with E-state index in [1.165, 1.54) is 51.4 Å². The maximum atomic E-state index is 11.0. The predicted octanol–water partition coefficient (Wildman–Crippen LogP) is 3.81. The van der Waals surface area contributed by atoms with E-state index in [1.54, 1.807) is 0 Å². The van der Waals surface area contributed by atoms with Gasteiger partial charge in [-0.05, 0) is 44.4 Å². The molecule has 2 aliphatic carbocycles. The van der Waals surface area contributed by atoms with Crippen LogP contribution in [0.4, 0.5) is 0 Å². The van der Waals surface area contributed by atoms with Crippen LogP contribution in [0, 0.1) is 5.92 Å². The molecule has 1 unspecified atom stereocenters. The van der Waals surface area contributed by atoms with Gasteiger partial charge in [-0.25, -0.2) is 0 Å². The Hall–Kier alpha value is -0.0800. The Morgan fingerprint density at radius 2 is 1.44 bits per heavy atom. The standard InChI is InChI=1S/C16H28O2/c17-16(10-5-2-6-11-16)14-7-12-18-15(13-14)8-3-1-4-9-15/h14,17H,1-13H2. The summed E-state index contributed by atoms with van der Waals surface area (Å²) in [5, 5.41) is 11.0. The van der Waals surface area contributed by atoms with Gasteiger partial charge in [0.05, 0.1) is 11.2 Å². The average Bonchev–Trinajstić information content (AvgIpc) is 2.41. The Labute approximate surface area is 111 Å². The first kappa shape index (κ1) is 12.9. The van der Waals surface area contributed by atoms with Crippen molar-refractivity contribution >= 4 is 0 Å². The van der Waals surface area contributed by atoms with Crippen LogP contribution >= 0.6 is 0 Å². The van der Waals surface area contributed by atoms with Crippen LogP contribution in [-0.2, 0) is 4.74 Å². The van der Waals surface area contributed by atoms with Gasteiger partial charge in [0.15, 0.2) is 0 Å². The molecule has 0 amide bonds. The molecule has 1 atom stereocenters. The Kier molecular flexibility index (Phi) is 3.68. The molecule has 1 saturated heterocycles. The minimum atomic E-state index is -0.355. The minimum absolute atomic E-state index is 0.147. The Bertz CT molecular complexity index is 256. The third kappa shape index (κ3) is 2.46. The van der Waals surface area contributed by atoms with Crippen molar-refractivity contribution in [2.24, 2.45) is 5.92 Å². The molecule has 1 aliphatic heterocycles. The Morgan fingerprint density at radius 3 is 2.11 bits per heavy atom. The molecule has 18 heavy (non-hydrogen) atoms. The van der Waals surface area contributed by atoms with Crippen LogP contribution < -0.4 is 0 Å². The molecule has 0 radical (unpaired) electrons. The lowest BCUT2D eigenvalue weighted by atomic mass is 9.67. The highest BCUT2D eigenvalue weighted by molar-refractivity contribution is 4.97. The van der Waals surface area contributed by atoms with Crippen LogP contribution in [0.5, 0.6) is 0 Å². The van der Waals surface area contributed by atoms with Crippen LogP contribution in [0.15, 0.2) is 0 Å². The van der Waals surface area contributed by atoms with Crippen LogP contribution in [0.2, 0.25) is 0 Å². The number of aliphatic hydroxyl groups is 1. The lowest BCUT2D eigenvalue weighted by Gasteiger charge is -2.49. The molecule has 1 heterocycles. The lowest BCUT2D eigenvalue weighted by Crippen LogP contribution is -2.50. The molecule has 2 saturated carbocycles. The first-order chi connectivity index (χ1) is 8.73. The molecule has 3 rings (SSSR count). The zero-order valence-electron chi connectivity index (χ0n) is 11.6. The molecule has 104 valence electrons. The fourth-order valence-corrected chi connectivity index (χ4v) is 4.60. The summed E-state index contributed by atoms with van der Waals surface area (Å²) in [7, 11) is 0. The highest BCUT2D eigenvalue weighted by atomic mass is 16.5. The van der Waals surface area contributed by atoms with E-state index in [9.17, 15) is 5.11 Å². The topological polar surface area (TPSA) is 29.5 Å². The largest absolute Gasteiger partial charge is 0.390 e. The second-order valence-corrected chi connectivity index (χ2v) is 6.95. The minimum Gasteiger partial charge on any atom is -0.390 e. The highest BCUT2D eigenvalue weighted by Crippen LogP contribution is 2.47. The molecule has 0 aromatic rings. The summed E-state index contributed by atoms with van der Waals surface area (Å²) in [5.41, 5.74) is -0.208. The van der Waals surface area contributed by atoms with Crippen molar-refractivity contribution < 1.29 is 9.84 Å². The van der Waals surface area contributed by atoms with Crippen molar-refractivity contribution in [1.82, 2.24) is 0 Å². The van der Waals surface area contributed by atoms with Crippen LogP contribution in [-0.4, -0.2) is 22.9 Å². The van der Waals surface area contributed by atoms with Crippen LogP contribution in [0.25, 0.3) is 0 Å². The van der Waals surface area contributed by atoms with Crippen molar-refractivity contribution in [2.75, 3.05) is 6.61 Å². The van der Waals surface area contributed by atoms with Gasteiger partial charge < -0.3 is 9.84 Å². The van der Waals surface area contributed by atoms with Gasteiger partial charge in [-0.15, -0.1) is 0 Å². The molecule has 1 N–H and O–H groups in total.